The molecule has 0 saturated heterocycles. The molecule has 4 heteroatoms. The Hall–Kier alpha value is -2.62. The minimum atomic E-state index is -0.238. The monoisotopic (exact) mass is 420 g/mol. The molecule has 1 aliphatic carbocycles. The molecule has 2 aromatic carbocycles. The van der Waals surface area contributed by atoms with Gasteiger partial charge in [0, 0.05) is 19.5 Å². The summed E-state index contributed by atoms with van der Waals surface area (Å²) >= 11 is 0. The smallest absolute Gasteiger partial charge is 0.339 e. The zero-order valence-corrected chi connectivity index (χ0v) is 19.6. The van der Waals surface area contributed by atoms with Gasteiger partial charge in [-0.1, -0.05) is 49.1 Å². The predicted octanol–water partition coefficient (Wildman–Crippen LogP) is 6.70. The van der Waals surface area contributed by atoms with Crippen molar-refractivity contribution in [2.24, 2.45) is 10.9 Å². The van der Waals surface area contributed by atoms with Crippen LogP contribution in [0.1, 0.15) is 77.7 Å². The molecule has 0 spiro atoms. The van der Waals surface area contributed by atoms with Crippen molar-refractivity contribution in [1.82, 2.24) is 4.90 Å². The van der Waals surface area contributed by atoms with E-state index in [1.807, 2.05) is 44.3 Å². The van der Waals surface area contributed by atoms with Gasteiger partial charge >= 0.3 is 5.97 Å². The molecule has 0 aliphatic heterocycles. The number of aliphatic imine (C=N–C) groups is 1. The van der Waals surface area contributed by atoms with Crippen LogP contribution < -0.4 is 0 Å². The standard InChI is InChI=1S/C27H36N2O2/c1-6-29(5)18-28-25-17-20(3)24(16-21(25)4)27(30)31-26(22-10-8-7-9-11-22)23-14-12-19(2)13-15-23/h12-18,22,26H,6-11H2,1-5H3. The quantitative estimate of drug-likeness (QED) is 0.284. The molecule has 4 nitrogen and oxygen atoms in total. The molecule has 0 bridgehead atoms. The van der Waals surface area contributed by atoms with Crippen molar-refractivity contribution in [2.45, 2.75) is 65.9 Å². The molecule has 3 rings (SSSR count). The summed E-state index contributed by atoms with van der Waals surface area (Å²) in [6, 6.07) is 12.3. The molecule has 0 radical (unpaired) electrons. The van der Waals surface area contributed by atoms with Gasteiger partial charge in [-0.25, -0.2) is 9.79 Å². The van der Waals surface area contributed by atoms with Gasteiger partial charge in [-0.05, 0) is 69.4 Å². The molecular weight excluding hydrogens is 384 g/mol. The van der Waals surface area contributed by atoms with Crippen LogP contribution in [-0.4, -0.2) is 30.8 Å². The average molecular weight is 421 g/mol. The van der Waals surface area contributed by atoms with Crippen LogP contribution in [0.15, 0.2) is 41.4 Å². The summed E-state index contributed by atoms with van der Waals surface area (Å²) in [5.41, 5.74) is 5.71. The van der Waals surface area contributed by atoms with Crippen LogP contribution in [0, 0.1) is 26.7 Å². The van der Waals surface area contributed by atoms with Gasteiger partial charge in [0.2, 0.25) is 0 Å². The van der Waals surface area contributed by atoms with E-state index in [9.17, 15) is 4.79 Å². The van der Waals surface area contributed by atoms with Gasteiger partial charge in [0.05, 0.1) is 17.6 Å². The highest BCUT2D eigenvalue weighted by Gasteiger charge is 2.29. The maximum atomic E-state index is 13.3. The molecule has 1 aliphatic rings. The fraction of sp³-hybridized carbons (Fsp3) is 0.481. The maximum absolute atomic E-state index is 13.3. The van der Waals surface area contributed by atoms with Gasteiger partial charge in [0.1, 0.15) is 6.10 Å². The van der Waals surface area contributed by atoms with E-state index in [-0.39, 0.29) is 12.1 Å². The number of ether oxygens (including phenoxy) is 1. The lowest BCUT2D eigenvalue weighted by atomic mass is 9.82. The molecule has 1 fully saturated rings. The molecule has 1 saturated carbocycles. The number of carbonyl (C=O) groups excluding carboxylic acids is 1. The topological polar surface area (TPSA) is 41.9 Å². The van der Waals surface area contributed by atoms with E-state index in [2.05, 4.69) is 43.1 Å². The predicted molar refractivity (Wildman–Crippen MR) is 128 cm³/mol. The summed E-state index contributed by atoms with van der Waals surface area (Å²) in [4.78, 5) is 19.9. The van der Waals surface area contributed by atoms with Gasteiger partial charge in [0.15, 0.2) is 0 Å². The second-order valence-electron chi connectivity index (χ2n) is 8.91. The lowest BCUT2D eigenvalue weighted by Crippen LogP contribution is -2.22. The minimum absolute atomic E-state index is 0.191. The molecule has 31 heavy (non-hydrogen) atoms. The Labute approximate surface area is 187 Å². The molecule has 0 aromatic heterocycles. The van der Waals surface area contributed by atoms with Gasteiger partial charge < -0.3 is 9.64 Å². The highest BCUT2D eigenvalue weighted by atomic mass is 16.5. The molecule has 1 unspecified atom stereocenters. The van der Waals surface area contributed by atoms with Crippen molar-refractivity contribution < 1.29 is 9.53 Å². The summed E-state index contributed by atoms with van der Waals surface area (Å²) in [6.07, 6.45) is 7.56. The maximum Gasteiger partial charge on any atom is 0.339 e. The first-order valence-corrected chi connectivity index (χ1v) is 11.5. The second-order valence-corrected chi connectivity index (χ2v) is 8.91. The number of aryl methyl sites for hydroxylation is 3. The highest BCUT2D eigenvalue weighted by molar-refractivity contribution is 5.92. The van der Waals surface area contributed by atoms with E-state index in [1.165, 1.54) is 24.8 Å². The van der Waals surface area contributed by atoms with E-state index < -0.39 is 0 Å². The van der Waals surface area contributed by atoms with Crippen LogP contribution in [-0.2, 0) is 4.74 Å². The number of benzene rings is 2. The van der Waals surface area contributed by atoms with E-state index in [0.717, 1.165) is 41.8 Å². The number of rotatable bonds is 7. The molecule has 166 valence electrons. The molecule has 0 amide bonds. The highest BCUT2D eigenvalue weighted by Crippen LogP contribution is 2.38. The summed E-state index contributed by atoms with van der Waals surface area (Å²) in [7, 11) is 1.99. The van der Waals surface area contributed by atoms with Gasteiger partial charge in [-0.15, -0.1) is 0 Å². The Kier molecular flexibility index (Phi) is 7.89. The first-order valence-electron chi connectivity index (χ1n) is 11.5. The van der Waals surface area contributed by atoms with E-state index in [0.29, 0.717) is 11.5 Å². The third kappa shape index (κ3) is 5.96. The van der Waals surface area contributed by atoms with Crippen LogP contribution in [0.2, 0.25) is 0 Å². The zero-order chi connectivity index (χ0) is 22.4. The van der Waals surface area contributed by atoms with Crippen molar-refractivity contribution in [3.8, 4) is 0 Å². The SMILES string of the molecule is CCN(C)C=Nc1cc(C)c(C(=O)OC(c2ccc(C)cc2)C2CCCCC2)cc1C. The number of carbonyl (C=O) groups is 1. The van der Waals surface area contributed by atoms with E-state index in [1.54, 1.807) is 0 Å². The van der Waals surface area contributed by atoms with Gasteiger partial charge in [-0.2, -0.15) is 0 Å². The fourth-order valence-electron chi connectivity index (χ4n) is 4.21. The first kappa shape index (κ1) is 23.1. The zero-order valence-electron chi connectivity index (χ0n) is 19.6. The number of hydrogen-bond acceptors (Lipinski definition) is 3. The Morgan fingerprint density at radius 3 is 2.42 bits per heavy atom. The van der Waals surface area contributed by atoms with Crippen LogP contribution in [0.4, 0.5) is 5.69 Å². The van der Waals surface area contributed by atoms with Crippen LogP contribution in [0.5, 0.6) is 0 Å². The summed E-state index contributed by atoms with van der Waals surface area (Å²) in [5.74, 6) is 0.146. The van der Waals surface area contributed by atoms with Gasteiger partial charge in [0.25, 0.3) is 0 Å². The van der Waals surface area contributed by atoms with Gasteiger partial charge in [-0.3, -0.25) is 0 Å². The van der Waals surface area contributed by atoms with Crippen molar-refractivity contribution >= 4 is 18.0 Å². The van der Waals surface area contributed by atoms with Crippen LogP contribution in [0.25, 0.3) is 0 Å². The fourth-order valence-corrected chi connectivity index (χ4v) is 4.21. The Morgan fingerprint density at radius 1 is 1.10 bits per heavy atom. The van der Waals surface area contributed by atoms with E-state index >= 15 is 0 Å². The normalized spacial score (nSPS) is 15.8. The van der Waals surface area contributed by atoms with Crippen molar-refractivity contribution in [1.29, 1.82) is 0 Å². The Morgan fingerprint density at radius 2 is 1.77 bits per heavy atom. The van der Waals surface area contributed by atoms with Crippen LogP contribution in [0.3, 0.4) is 0 Å². The number of nitrogens with zero attached hydrogens (tertiary/aromatic N) is 2. The van der Waals surface area contributed by atoms with Crippen molar-refractivity contribution in [3.05, 3.63) is 64.2 Å². The number of esters is 1. The average Bonchev–Trinajstić information content (AvgIpc) is 2.78. The second kappa shape index (κ2) is 10.6. The summed E-state index contributed by atoms with van der Waals surface area (Å²) in [6.45, 7) is 9.01. The van der Waals surface area contributed by atoms with E-state index in [4.69, 9.17) is 4.74 Å². The summed E-state index contributed by atoms with van der Waals surface area (Å²) < 4.78 is 6.21. The minimum Gasteiger partial charge on any atom is -0.454 e. The third-order valence-corrected chi connectivity index (χ3v) is 6.37. The first-order chi connectivity index (χ1) is 14.9. The Balaban J connectivity index is 1.84. The van der Waals surface area contributed by atoms with Crippen molar-refractivity contribution in [3.63, 3.8) is 0 Å². The lowest BCUT2D eigenvalue weighted by Gasteiger charge is -2.30. The Bertz CT molecular complexity index is 912. The number of hydrogen-bond donors (Lipinski definition) is 0. The van der Waals surface area contributed by atoms with Crippen LogP contribution >= 0.6 is 0 Å². The van der Waals surface area contributed by atoms with Crippen molar-refractivity contribution in [2.75, 3.05) is 13.6 Å². The largest absolute Gasteiger partial charge is 0.454 e. The molecule has 2 aromatic rings. The molecular formula is C27H36N2O2. The molecule has 0 heterocycles. The molecule has 1 atom stereocenters. The molecule has 0 N–H and O–H groups in total. The summed E-state index contributed by atoms with van der Waals surface area (Å²) in [5, 5.41) is 0. The third-order valence-electron chi connectivity index (χ3n) is 6.37. The lowest BCUT2D eigenvalue weighted by molar-refractivity contribution is 0.00661.